The summed E-state index contributed by atoms with van der Waals surface area (Å²) in [4.78, 5) is 5.39. The van der Waals surface area contributed by atoms with E-state index in [9.17, 15) is 0 Å². The molecule has 0 atom stereocenters. The minimum absolute atomic E-state index is 0.942. The molecule has 0 rings (SSSR count). The third-order valence-electron chi connectivity index (χ3n) is 0.274. The van der Waals surface area contributed by atoms with Crippen molar-refractivity contribution in [1.82, 2.24) is 0 Å². The van der Waals surface area contributed by atoms with Gasteiger partial charge in [0.05, 0.1) is 5.71 Å². The topological polar surface area (TPSA) is 21.6 Å². The van der Waals surface area contributed by atoms with Gasteiger partial charge in [-0.2, -0.15) is 0 Å². The second-order valence-corrected chi connectivity index (χ2v) is 2.95. The first-order valence-corrected chi connectivity index (χ1v) is 3.43. The van der Waals surface area contributed by atoms with Gasteiger partial charge >= 0.3 is 0 Å². The van der Waals surface area contributed by atoms with Crippen LogP contribution < -0.4 is 0 Å². The number of oxime groups is 1. The van der Waals surface area contributed by atoms with Gasteiger partial charge in [-0.1, -0.05) is 17.4 Å². The molecule has 0 radical (unpaired) electrons. The van der Waals surface area contributed by atoms with Crippen molar-refractivity contribution in [2.45, 2.75) is 27.7 Å². The molecule has 0 aromatic rings. The number of hydrogen-bond acceptors (Lipinski definition) is 3. The zero-order valence-electron chi connectivity index (χ0n) is 7.26. The maximum atomic E-state index is 4.54. The molecule has 0 fully saturated rings. The molecule has 10 heavy (non-hydrogen) atoms. The van der Waals surface area contributed by atoms with E-state index in [1.54, 1.807) is 0 Å². The molecule has 3 heteroatoms. The van der Waals surface area contributed by atoms with Crippen LogP contribution in [0.2, 0.25) is 0 Å². The van der Waals surface area contributed by atoms with E-state index in [-0.39, 0.29) is 0 Å². The van der Waals surface area contributed by atoms with E-state index >= 15 is 0 Å². The smallest absolute Gasteiger partial charge is 0.106 e. The number of nitrogens with zero attached hydrogens (tertiary/aromatic N) is 1. The van der Waals surface area contributed by atoms with E-state index in [2.05, 4.69) is 22.2 Å². The fourth-order valence-corrected chi connectivity index (χ4v) is 0.183. The quantitative estimate of drug-likeness (QED) is 0.334. The zero-order chi connectivity index (χ0) is 8.57. The van der Waals surface area contributed by atoms with E-state index in [1.165, 1.54) is 7.11 Å². The predicted octanol–water partition coefficient (Wildman–Crippen LogP) is 2.42. The summed E-state index contributed by atoms with van der Waals surface area (Å²) in [5, 5.41) is 3.54. The molecule has 0 amide bonds. The maximum Gasteiger partial charge on any atom is 0.106 e. The summed E-state index contributed by atoms with van der Waals surface area (Å²) in [7, 11) is 1.53. The molecule has 0 unspecified atom stereocenters. The molecular weight excluding hydrogens is 146 g/mol. The van der Waals surface area contributed by atoms with E-state index in [1.807, 2.05) is 27.7 Å². The molecule has 0 aliphatic rings. The van der Waals surface area contributed by atoms with Crippen molar-refractivity contribution in [2.24, 2.45) is 5.16 Å². The molecule has 0 aromatic carbocycles. The molecule has 0 aliphatic carbocycles. The maximum absolute atomic E-state index is 4.54. The molecule has 60 valence electrons. The number of thiocarbonyl (C=S) groups is 1. The van der Waals surface area contributed by atoms with Crippen molar-refractivity contribution in [3.63, 3.8) is 0 Å². The Morgan fingerprint density at radius 3 is 1.50 bits per heavy atom. The van der Waals surface area contributed by atoms with Crippen LogP contribution in [0.4, 0.5) is 0 Å². The molecule has 0 saturated carbocycles. The molecule has 0 N–H and O–H groups in total. The highest BCUT2D eigenvalue weighted by atomic mass is 32.1. The molecule has 0 spiro atoms. The zero-order valence-corrected chi connectivity index (χ0v) is 8.08. The molecule has 0 bridgehead atoms. The van der Waals surface area contributed by atoms with Crippen molar-refractivity contribution in [1.29, 1.82) is 0 Å². The van der Waals surface area contributed by atoms with Crippen LogP contribution in [0.3, 0.4) is 0 Å². The molecule has 0 aromatic heterocycles. The van der Waals surface area contributed by atoms with E-state index in [0.717, 1.165) is 10.6 Å². The fraction of sp³-hybridized carbons (Fsp3) is 0.714. The van der Waals surface area contributed by atoms with Gasteiger partial charge < -0.3 is 4.84 Å². The van der Waals surface area contributed by atoms with Crippen LogP contribution in [0.25, 0.3) is 0 Å². The van der Waals surface area contributed by atoms with Gasteiger partial charge in [0.1, 0.15) is 7.11 Å². The minimum atomic E-state index is 0.942. The van der Waals surface area contributed by atoms with Gasteiger partial charge in [-0.15, -0.1) is 0 Å². The summed E-state index contributed by atoms with van der Waals surface area (Å²) in [6, 6.07) is 0. The lowest BCUT2D eigenvalue weighted by Gasteiger charge is -1.83. The molecule has 0 aliphatic heterocycles. The Morgan fingerprint density at radius 2 is 1.50 bits per heavy atom. The number of rotatable bonds is 1. The van der Waals surface area contributed by atoms with Crippen LogP contribution in [0.15, 0.2) is 5.16 Å². The lowest BCUT2D eigenvalue weighted by molar-refractivity contribution is 0.213. The third kappa shape index (κ3) is 49.6. The van der Waals surface area contributed by atoms with Crippen LogP contribution in [0, 0.1) is 0 Å². The van der Waals surface area contributed by atoms with Crippen LogP contribution in [-0.2, 0) is 4.84 Å². The van der Waals surface area contributed by atoms with Crippen LogP contribution in [-0.4, -0.2) is 17.7 Å². The number of hydrogen-bond donors (Lipinski definition) is 0. The summed E-state index contributed by atoms with van der Waals surface area (Å²) >= 11 is 4.54. The SMILES string of the molecule is CC(C)=S.CON=C(C)C. The normalized spacial score (nSPS) is 6.90. The van der Waals surface area contributed by atoms with Gasteiger partial charge in [0.25, 0.3) is 0 Å². The largest absolute Gasteiger partial charge is 0.399 e. The minimum Gasteiger partial charge on any atom is -0.399 e. The Morgan fingerprint density at radius 1 is 1.20 bits per heavy atom. The van der Waals surface area contributed by atoms with E-state index in [0.29, 0.717) is 0 Å². The predicted molar refractivity (Wildman–Crippen MR) is 49.7 cm³/mol. The summed E-state index contributed by atoms with van der Waals surface area (Å²) in [6.45, 7) is 7.55. The molecule has 0 heterocycles. The third-order valence-corrected chi connectivity index (χ3v) is 0.274. The molecule has 0 saturated heterocycles. The second-order valence-electron chi connectivity index (χ2n) is 2.13. The standard InChI is InChI=1S/C4H9NO.C3H6S/c1-4(2)5-6-3;1-3(2)4/h1-3H3;1-2H3. The first-order chi connectivity index (χ1) is 4.50. The monoisotopic (exact) mass is 161 g/mol. The Hall–Kier alpha value is -0.440. The summed E-state index contributed by atoms with van der Waals surface area (Å²) in [5.74, 6) is 0. The van der Waals surface area contributed by atoms with Gasteiger partial charge in [-0.25, -0.2) is 0 Å². The van der Waals surface area contributed by atoms with E-state index in [4.69, 9.17) is 0 Å². The highest BCUT2D eigenvalue weighted by molar-refractivity contribution is 7.80. The first-order valence-electron chi connectivity index (χ1n) is 3.02. The van der Waals surface area contributed by atoms with Gasteiger partial charge in [-0.3, -0.25) is 0 Å². The van der Waals surface area contributed by atoms with Gasteiger partial charge in [0.15, 0.2) is 0 Å². The summed E-state index contributed by atoms with van der Waals surface area (Å²) in [5.41, 5.74) is 0.942. The molecular formula is C7H15NOS. The van der Waals surface area contributed by atoms with E-state index < -0.39 is 0 Å². The van der Waals surface area contributed by atoms with Crippen molar-refractivity contribution in [3.05, 3.63) is 0 Å². The summed E-state index contributed by atoms with van der Waals surface area (Å²) < 4.78 is 0. The Bertz CT molecular complexity index is 113. The molecule has 2 nitrogen and oxygen atoms in total. The highest BCUT2D eigenvalue weighted by Crippen LogP contribution is 1.71. The Labute approximate surface area is 68.3 Å². The van der Waals surface area contributed by atoms with Gasteiger partial charge in [0, 0.05) is 0 Å². The van der Waals surface area contributed by atoms with Crippen molar-refractivity contribution >= 4 is 22.8 Å². The van der Waals surface area contributed by atoms with Crippen LogP contribution in [0.1, 0.15) is 27.7 Å². The second kappa shape index (κ2) is 8.56. The summed E-state index contributed by atoms with van der Waals surface area (Å²) in [6.07, 6.45) is 0. The van der Waals surface area contributed by atoms with Crippen molar-refractivity contribution in [2.75, 3.05) is 7.11 Å². The average Bonchev–Trinajstić information content (AvgIpc) is 1.62. The van der Waals surface area contributed by atoms with Gasteiger partial charge in [0.2, 0.25) is 0 Å². The average molecular weight is 161 g/mol. The van der Waals surface area contributed by atoms with Crippen molar-refractivity contribution < 1.29 is 4.84 Å². The fourth-order valence-electron chi connectivity index (χ4n) is 0.183. The van der Waals surface area contributed by atoms with Crippen molar-refractivity contribution in [3.8, 4) is 0 Å². The van der Waals surface area contributed by atoms with Crippen LogP contribution >= 0.6 is 12.2 Å². The Kier molecular flexibility index (Phi) is 10.5. The van der Waals surface area contributed by atoms with Crippen LogP contribution in [0.5, 0.6) is 0 Å². The highest BCUT2D eigenvalue weighted by Gasteiger charge is 1.69. The van der Waals surface area contributed by atoms with Gasteiger partial charge in [-0.05, 0) is 32.6 Å². The lowest BCUT2D eigenvalue weighted by Crippen LogP contribution is -1.79. The first kappa shape index (κ1) is 12.3. The Balaban J connectivity index is 0. The lowest BCUT2D eigenvalue weighted by atomic mass is 10.5.